The van der Waals surface area contributed by atoms with Crippen LogP contribution in [0.4, 0.5) is 18.9 Å². The molecule has 1 saturated heterocycles. The molecule has 0 aromatic heterocycles. The van der Waals surface area contributed by atoms with Gasteiger partial charge in [0.1, 0.15) is 0 Å². The molecule has 0 saturated carbocycles. The van der Waals surface area contributed by atoms with Crippen molar-refractivity contribution in [3.63, 3.8) is 0 Å². The minimum atomic E-state index is -5.28. The molecule has 1 aliphatic rings. The van der Waals surface area contributed by atoms with E-state index < -0.39 is 20.2 Å². The maximum atomic E-state index is 12.4. The Labute approximate surface area is 121 Å². The molecule has 1 fully saturated rings. The molecule has 0 radical (unpaired) electrons. The largest absolute Gasteiger partial charge is 0.501 e. The third-order valence-corrected chi connectivity index (χ3v) is 5.09. The van der Waals surface area contributed by atoms with E-state index in [9.17, 15) is 21.6 Å². The second kappa shape index (κ2) is 5.84. The average Bonchev–Trinajstić information content (AvgIpc) is 2.41. The molecule has 4 nitrogen and oxygen atoms in total. The van der Waals surface area contributed by atoms with Crippen LogP contribution in [0.25, 0.3) is 0 Å². The monoisotopic (exact) mass is 322 g/mol. The van der Waals surface area contributed by atoms with Crippen molar-refractivity contribution in [2.24, 2.45) is 0 Å². The number of halogens is 3. The Morgan fingerprint density at radius 3 is 2.38 bits per heavy atom. The summed E-state index contributed by atoms with van der Waals surface area (Å²) in [6.07, 6.45) is 1.97. The molecule has 2 unspecified atom stereocenters. The summed E-state index contributed by atoms with van der Waals surface area (Å²) in [5.41, 5.74) is -4.67. The number of sulfone groups is 1. The zero-order valence-electron chi connectivity index (χ0n) is 11.4. The lowest BCUT2D eigenvalue weighted by molar-refractivity contribution is -0.0436. The standard InChI is InChI=1S/C13H17F3N2O2S/c1-9-12(3-2-8-17-9)18-10-4-6-11(7-5-10)21(19,20)13(14,15)16/h4-7,9,12,17-18H,2-3,8H2,1H3. The highest BCUT2D eigenvalue weighted by atomic mass is 32.2. The molecule has 1 aromatic rings. The van der Waals surface area contributed by atoms with Gasteiger partial charge in [0.2, 0.25) is 0 Å². The van der Waals surface area contributed by atoms with Gasteiger partial charge in [0.25, 0.3) is 9.84 Å². The van der Waals surface area contributed by atoms with Crippen molar-refractivity contribution in [3.8, 4) is 0 Å². The third-order valence-electron chi connectivity index (χ3n) is 3.58. The first-order valence-electron chi connectivity index (χ1n) is 6.63. The van der Waals surface area contributed by atoms with Gasteiger partial charge in [-0.15, -0.1) is 0 Å². The Morgan fingerprint density at radius 2 is 1.86 bits per heavy atom. The summed E-state index contributed by atoms with van der Waals surface area (Å²) in [7, 11) is -5.28. The number of piperidine rings is 1. The molecule has 8 heteroatoms. The maximum Gasteiger partial charge on any atom is 0.501 e. The molecule has 2 N–H and O–H groups in total. The van der Waals surface area contributed by atoms with Gasteiger partial charge in [0, 0.05) is 17.8 Å². The van der Waals surface area contributed by atoms with E-state index >= 15 is 0 Å². The van der Waals surface area contributed by atoms with Gasteiger partial charge in [-0.05, 0) is 50.6 Å². The molecule has 0 bridgehead atoms. The first-order chi connectivity index (χ1) is 9.72. The number of rotatable bonds is 3. The van der Waals surface area contributed by atoms with E-state index in [2.05, 4.69) is 10.6 Å². The second-order valence-corrected chi connectivity index (χ2v) is 7.05. The van der Waals surface area contributed by atoms with Crippen molar-refractivity contribution < 1.29 is 21.6 Å². The summed E-state index contributed by atoms with van der Waals surface area (Å²) in [5.74, 6) is 0. The first kappa shape index (κ1) is 16.1. The molecule has 0 aliphatic carbocycles. The van der Waals surface area contributed by atoms with E-state index in [0.717, 1.165) is 31.5 Å². The molecule has 21 heavy (non-hydrogen) atoms. The second-order valence-electron chi connectivity index (χ2n) is 5.11. The molecule has 1 heterocycles. The molecule has 2 atom stereocenters. The fourth-order valence-electron chi connectivity index (χ4n) is 2.32. The van der Waals surface area contributed by atoms with E-state index in [1.54, 1.807) is 0 Å². The SMILES string of the molecule is CC1NCCCC1Nc1ccc(S(=O)(=O)C(F)(F)F)cc1. The maximum absolute atomic E-state index is 12.4. The van der Waals surface area contributed by atoms with Crippen LogP contribution in [0.3, 0.4) is 0 Å². The Hall–Kier alpha value is -1.28. The van der Waals surface area contributed by atoms with E-state index in [0.29, 0.717) is 5.69 Å². The van der Waals surface area contributed by atoms with Gasteiger partial charge in [-0.3, -0.25) is 0 Å². The van der Waals surface area contributed by atoms with Crippen LogP contribution >= 0.6 is 0 Å². The molecular weight excluding hydrogens is 305 g/mol. The zero-order chi connectivity index (χ0) is 15.7. The fraction of sp³-hybridized carbons (Fsp3) is 0.538. The third kappa shape index (κ3) is 3.49. The van der Waals surface area contributed by atoms with Gasteiger partial charge in [-0.25, -0.2) is 8.42 Å². The summed E-state index contributed by atoms with van der Waals surface area (Å²) in [6.45, 7) is 2.97. The lowest BCUT2D eigenvalue weighted by atomic mass is 9.99. The summed E-state index contributed by atoms with van der Waals surface area (Å²) < 4.78 is 59.8. The van der Waals surface area contributed by atoms with Crippen molar-refractivity contribution in [2.45, 2.75) is 42.3 Å². The van der Waals surface area contributed by atoms with Crippen LogP contribution in [0.1, 0.15) is 19.8 Å². The molecule has 1 aliphatic heterocycles. The highest BCUT2D eigenvalue weighted by molar-refractivity contribution is 7.92. The van der Waals surface area contributed by atoms with Crippen LogP contribution in [0.15, 0.2) is 29.2 Å². The summed E-state index contributed by atoms with van der Waals surface area (Å²) >= 11 is 0. The molecule has 0 amide bonds. The molecule has 1 aromatic carbocycles. The zero-order valence-corrected chi connectivity index (χ0v) is 12.3. The Kier molecular flexibility index (Phi) is 4.48. The molecule has 0 spiro atoms. The Balaban J connectivity index is 2.13. The number of benzene rings is 1. The minimum Gasteiger partial charge on any atom is -0.381 e. The van der Waals surface area contributed by atoms with E-state index in [4.69, 9.17) is 0 Å². The van der Waals surface area contributed by atoms with Crippen molar-refractivity contribution in [1.29, 1.82) is 0 Å². The molecule has 118 valence electrons. The van der Waals surface area contributed by atoms with Crippen molar-refractivity contribution >= 4 is 15.5 Å². The van der Waals surface area contributed by atoms with E-state index in [1.165, 1.54) is 12.1 Å². The predicted molar refractivity (Wildman–Crippen MR) is 73.8 cm³/mol. The average molecular weight is 322 g/mol. The summed E-state index contributed by atoms with van der Waals surface area (Å²) in [5, 5.41) is 6.51. The van der Waals surface area contributed by atoms with E-state index in [1.807, 2.05) is 6.92 Å². The minimum absolute atomic E-state index is 0.170. The topological polar surface area (TPSA) is 58.2 Å². The van der Waals surface area contributed by atoms with E-state index in [-0.39, 0.29) is 12.1 Å². The lowest BCUT2D eigenvalue weighted by Crippen LogP contribution is -2.46. The van der Waals surface area contributed by atoms with Crippen molar-refractivity contribution in [1.82, 2.24) is 5.32 Å². The number of anilines is 1. The van der Waals surface area contributed by atoms with Gasteiger partial charge in [0.15, 0.2) is 0 Å². The van der Waals surface area contributed by atoms with Crippen LogP contribution in [0.2, 0.25) is 0 Å². The number of hydrogen-bond donors (Lipinski definition) is 2. The lowest BCUT2D eigenvalue weighted by Gasteiger charge is -2.31. The first-order valence-corrected chi connectivity index (χ1v) is 8.11. The molecular formula is C13H17F3N2O2S. The smallest absolute Gasteiger partial charge is 0.381 e. The highest BCUT2D eigenvalue weighted by Gasteiger charge is 2.46. The number of hydrogen-bond acceptors (Lipinski definition) is 4. The predicted octanol–water partition coefficient (Wildman–Crippen LogP) is 2.53. The fourth-order valence-corrected chi connectivity index (χ4v) is 3.08. The van der Waals surface area contributed by atoms with Crippen LogP contribution in [0, 0.1) is 0 Å². The number of nitrogens with one attached hydrogen (secondary N) is 2. The quantitative estimate of drug-likeness (QED) is 0.898. The van der Waals surface area contributed by atoms with Crippen LogP contribution in [-0.4, -0.2) is 32.6 Å². The van der Waals surface area contributed by atoms with Gasteiger partial charge >= 0.3 is 5.51 Å². The summed E-state index contributed by atoms with van der Waals surface area (Å²) in [4.78, 5) is -0.740. The molecule has 2 rings (SSSR count). The Morgan fingerprint density at radius 1 is 1.24 bits per heavy atom. The van der Waals surface area contributed by atoms with Crippen molar-refractivity contribution in [2.75, 3.05) is 11.9 Å². The van der Waals surface area contributed by atoms with Crippen LogP contribution in [0.5, 0.6) is 0 Å². The normalized spacial score (nSPS) is 23.8. The van der Waals surface area contributed by atoms with Gasteiger partial charge in [0.05, 0.1) is 4.90 Å². The van der Waals surface area contributed by atoms with Gasteiger partial charge in [-0.2, -0.15) is 13.2 Å². The van der Waals surface area contributed by atoms with Gasteiger partial charge < -0.3 is 10.6 Å². The van der Waals surface area contributed by atoms with Crippen molar-refractivity contribution in [3.05, 3.63) is 24.3 Å². The van der Waals surface area contributed by atoms with Gasteiger partial charge in [-0.1, -0.05) is 0 Å². The highest BCUT2D eigenvalue weighted by Crippen LogP contribution is 2.30. The van der Waals surface area contributed by atoms with Crippen LogP contribution < -0.4 is 10.6 Å². The summed E-state index contributed by atoms with van der Waals surface area (Å²) in [6, 6.07) is 5.10. The van der Waals surface area contributed by atoms with Crippen LogP contribution in [-0.2, 0) is 9.84 Å². The number of alkyl halides is 3. The Bertz CT molecular complexity index is 584.